The van der Waals surface area contributed by atoms with Gasteiger partial charge in [-0.1, -0.05) is 0 Å². The first kappa shape index (κ1) is 20.9. The van der Waals surface area contributed by atoms with E-state index in [0.717, 1.165) is 76.2 Å². The number of rotatable bonds is 7. The minimum absolute atomic E-state index is 0.279. The average Bonchev–Trinajstić information content (AvgIpc) is 3.44. The summed E-state index contributed by atoms with van der Waals surface area (Å²) in [5.41, 5.74) is 1.13. The van der Waals surface area contributed by atoms with Crippen LogP contribution in [0.3, 0.4) is 0 Å². The molecule has 8 heteroatoms. The monoisotopic (exact) mass is 414 g/mol. The second-order valence-corrected chi connectivity index (χ2v) is 8.51. The third-order valence-corrected chi connectivity index (χ3v) is 6.11. The number of aliphatic imine (C=N–C) groups is 1. The van der Waals surface area contributed by atoms with Gasteiger partial charge in [-0.05, 0) is 43.2 Å². The number of pyridine rings is 1. The summed E-state index contributed by atoms with van der Waals surface area (Å²) in [6.45, 7) is 7.37. The fourth-order valence-corrected chi connectivity index (χ4v) is 4.02. The van der Waals surface area contributed by atoms with E-state index in [0.29, 0.717) is 19.0 Å². The number of carbonyl (C=O) groups excluding carboxylic acids is 1. The Hall–Kier alpha value is -2.35. The van der Waals surface area contributed by atoms with Gasteiger partial charge in [0, 0.05) is 65.1 Å². The summed E-state index contributed by atoms with van der Waals surface area (Å²) in [6, 6.07) is 4.01. The molecule has 0 aromatic carbocycles. The number of likely N-dealkylation sites (tertiary alicyclic amines) is 1. The molecule has 1 aliphatic carbocycles. The van der Waals surface area contributed by atoms with Gasteiger partial charge in [-0.25, -0.2) is 4.98 Å². The van der Waals surface area contributed by atoms with Crippen LogP contribution in [0.1, 0.15) is 31.2 Å². The van der Waals surface area contributed by atoms with Crippen LogP contribution in [-0.4, -0.2) is 91.0 Å². The topological polar surface area (TPSA) is 73.3 Å². The third kappa shape index (κ3) is 5.84. The summed E-state index contributed by atoms with van der Waals surface area (Å²) < 4.78 is 5.78. The molecule has 3 fully saturated rings. The molecule has 0 radical (unpaired) electrons. The van der Waals surface area contributed by atoms with Crippen LogP contribution in [0.4, 0.5) is 0 Å². The SMILES string of the molecule is CN=C(NCc1ccnc(OCC2CC2)c1)N1CCN(CC(=O)N2CCCC2)CC1. The molecule has 1 saturated carbocycles. The van der Waals surface area contributed by atoms with Gasteiger partial charge in [0.05, 0.1) is 13.2 Å². The van der Waals surface area contributed by atoms with Crippen molar-refractivity contribution >= 4 is 11.9 Å². The smallest absolute Gasteiger partial charge is 0.236 e. The Bertz CT molecular complexity index is 737. The van der Waals surface area contributed by atoms with Crippen molar-refractivity contribution in [3.8, 4) is 5.88 Å². The van der Waals surface area contributed by atoms with Gasteiger partial charge in [-0.15, -0.1) is 0 Å². The molecule has 3 heterocycles. The molecule has 2 saturated heterocycles. The van der Waals surface area contributed by atoms with Crippen molar-refractivity contribution in [3.05, 3.63) is 23.9 Å². The summed E-state index contributed by atoms with van der Waals surface area (Å²) in [5, 5.41) is 3.46. The molecule has 1 aromatic rings. The maximum Gasteiger partial charge on any atom is 0.236 e. The number of ether oxygens (including phenoxy) is 1. The zero-order chi connectivity index (χ0) is 20.8. The highest BCUT2D eigenvalue weighted by Gasteiger charge is 2.25. The number of nitrogens with one attached hydrogen (secondary N) is 1. The molecule has 1 N–H and O–H groups in total. The standard InChI is InChI=1S/C22H34N6O2/c1-23-22(25-15-19-6-7-24-20(14-19)30-17-18-4-5-18)28-12-10-26(11-13-28)16-21(29)27-8-2-3-9-27/h6-7,14,18H,2-5,8-13,15-17H2,1H3,(H,23,25). The summed E-state index contributed by atoms with van der Waals surface area (Å²) in [6.07, 6.45) is 6.65. The highest BCUT2D eigenvalue weighted by molar-refractivity contribution is 5.80. The van der Waals surface area contributed by atoms with E-state index in [1.54, 1.807) is 6.20 Å². The Labute approximate surface area is 179 Å². The third-order valence-electron chi connectivity index (χ3n) is 6.11. The second kappa shape index (κ2) is 10.1. The largest absolute Gasteiger partial charge is 0.477 e. The van der Waals surface area contributed by atoms with Gasteiger partial charge in [0.1, 0.15) is 0 Å². The first-order chi connectivity index (χ1) is 14.7. The lowest BCUT2D eigenvalue weighted by Crippen LogP contribution is -2.54. The van der Waals surface area contributed by atoms with Crippen LogP contribution < -0.4 is 10.1 Å². The Balaban J connectivity index is 1.21. The van der Waals surface area contributed by atoms with Gasteiger partial charge >= 0.3 is 0 Å². The zero-order valence-electron chi connectivity index (χ0n) is 18.1. The summed E-state index contributed by atoms with van der Waals surface area (Å²) in [7, 11) is 1.82. The second-order valence-electron chi connectivity index (χ2n) is 8.51. The molecule has 0 atom stereocenters. The summed E-state index contributed by atoms with van der Waals surface area (Å²) in [5.74, 6) is 2.60. The van der Waals surface area contributed by atoms with E-state index < -0.39 is 0 Å². The Morgan fingerprint density at radius 2 is 1.93 bits per heavy atom. The van der Waals surface area contributed by atoms with Crippen LogP contribution >= 0.6 is 0 Å². The minimum atomic E-state index is 0.279. The first-order valence-electron chi connectivity index (χ1n) is 11.2. The van der Waals surface area contributed by atoms with Gasteiger partial charge in [-0.2, -0.15) is 0 Å². The quantitative estimate of drug-likeness (QED) is 0.534. The number of hydrogen-bond donors (Lipinski definition) is 1. The number of nitrogens with zero attached hydrogens (tertiary/aromatic N) is 5. The zero-order valence-corrected chi connectivity index (χ0v) is 18.1. The highest BCUT2D eigenvalue weighted by atomic mass is 16.5. The predicted molar refractivity (Wildman–Crippen MR) is 116 cm³/mol. The average molecular weight is 415 g/mol. The Morgan fingerprint density at radius 3 is 2.63 bits per heavy atom. The van der Waals surface area contributed by atoms with Crippen LogP contribution in [0.25, 0.3) is 0 Å². The van der Waals surface area contributed by atoms with E-state index in [1.807, 2.05) is 24.1 Å². The summed E-state index contributed by atoms with van der Waals surface area (Å²) in [4.78, 5) is 27.7. The van der Waals surface area contributed by atoms with Crippen molar-refractivity contribution in [1.29, 1.82) is 0 Å². The maximum absolute atomic E-state index is 12.4. The lowest BCUT2D eigenvalue weighted by molar-refractivity contribution is -0.131. The van der Waals surface area contributed by atoms with Gasteiger partial charge < -0.3 is 19.9 Å². The number of carbonyl (C=O) groups is 1. The first-order valence-corrected chi connectivity index (χ1v) is 11.2. The molecule has 2 aliphatic heterocycles. The van der Waals surface area contributed by atoms with Crippen molar-refractivity contribution in [1.82, 2.24) is 25.0 Å². The lowest BCUT2D eigenvalue weighted by Gasteiger charge is -2.36. The van der Waals surface area contributed by atoms with Crippen molar-refractivity contribution in [2.75, 3.05) is 59.5 Å². The molecular weight excluding hydrogens is 380 g/mol. The predicted octanol–water partition coefficient (Wildman–Crippen LogP) is 1.19. The van der Waals surface area contributed by atoms with Crippen LogP contribution in [-0.2, 0) is 11.3 Å². The van der Waals surface area contributed by atoms with Crippen molar-refractivity contribution in [2.45, 2.75) is 32.2 Å². The molecule has 0 bridgehead atoms. The molecule has 30 heavy (non-hydrogen) atoms. The molecule has 164 valence electrons. The number of aromatic nitrogens is 1. The molecule has 0 spiro atoms. The van der Waals surface area contributed by atoms with Gasteiger partial charge in [0.15, 0.2) is 5.96 Å². The molecule has 1 aromatic heterocycles. The molecule has 0 unspecified atom stereocenters. The van der Waals surface area contributed by atoms with Crippen molar-refractivity contribution < 1.29 is 9.53 Å². The molecule has 3 aliphatic rings. The molecular formula is C22H34N6O2. The van der Waals surface area contributed by atoms with Crippen LogP contribution in [0.2, 0.25) is 0 Å². The molecule has 8 nitrogen and oxygen atoms in total. The number of amides is 1. The minimum Gasteiger partial charge on any atom is -0.477 e. The maximum atomic E-state index is 12.4. The van der Waals surface area contributed by atoms with E-state index in [2.05, 4.69) is 25.1 Å². The Kier molecular flexibility index (Phi) is 7.04. The molecule has 4 rings (SSSR count). The van der Waals surface area contributed by atoms with Crippen molar-refractivity contribution in [3.63, 3.8) is 0 Å². The van der Waals surface area contributed by atoms with Gasteiger partial charge in [0.2, 0.25) is 11.8 Å². The van der Waals surface area contributed by atoms with E-state index >= 15 is 0 Å². The van der Waals surface area contributed by atoms with Gasteiger partial charge in [0.25, 0.3) is 0 Å². The van der Waals surface area contributed by atoms with E-state index in [-0.39, 0.29) is 5.91 Å². The number of piperazine rings is 1. The van der Waals surface area contributed by atoms with Gasteiger partial charge in [-0.3, -0.25) is 14.7 Å². The van der Waals surface area contributed by atoms with E-state index in [1.165, 1.54) is 12.8 Å². The Morgan fingerprint density at radius 1 is 1.17 bits per heavy atom. The van der Waals surface area contributed by atoms with E-state index in [9.17, 15) is 4.79 Å². The fourth-order valence-electron chi connectivity index (χ4n) is 4.02. The van der Waals surface area contributed by atoms with Crippen LogP contribution in [0.15, 0.2) is 23.3 Å². The van der Waals surface area contributed by atoms with Crippen molar-refractivity contribution in [2.24, 2.45) is 10.9 Å². The number of guanidine groups is 1. The molecule has 1 amide bonds. The normalized spacial score (nSPS) is 20.5. The summed E-state index contributed by atoms with van der Waals surface area (Å²) >= 11 is 0. The van der Waals surface area contributed by atoms with Crippen LogP contribution in [0.5, 0.6) is 5.88 Å². The fraction of sp³-hybridized carbons (Fsp3) is 0.682. The lowest BCUT2D eigenvalue weighted by atomic mass is 10.2. The van der Waals surface area contributed by atoms with Crippen LogP contribution in [0, 0.1) is 5.92 Å². The van der Waals surface area contributed by atoms with E-state index in [4.69, 9.17) is 4.74 Å². The number of hydrogen-bond acceptors (Lipinski definition) is 5. The highest BCUT2D eigenvalue weighted by Crippen LogP contribution is 2.29.